The number of nitrogens with zero attached hydrogens (tertiary/aromatic N) is 2. The summed E-state index contributed by atoms with van der Waals surface area (Å²) in [5.74, 6) is 0.382. The van der Waals surface area contributed by atoms with E-state index in [1.54, 1.807) is 19.2 Å². The molecule has 0 aromatic carbocycles. The smallest absolute Gasteiger partial charge is 0.271 e. The van der Waals surface area contributed by atoms with Crippen LogP contribution in [0.3, 0.4) is 0 Å². The number of carbonyl (C=O) groups is 1. The molecule has 6 heteroatoms. The summed E-state index contributed by atoms with van der Waals surface area (Å²) in [6, 6.07) is 3.40. The fourth-order valence-corrected chi connectivity index (χ4v) is 1.88. The highest BCUT2D eigenvalue weighted by atomic mass is 35.5. The maximum absolute atomic E-state index is 12.0. The minimum Gasteiger partial charge on any atom is -0.373 e. The van der Waals surface area contributed by atoms with Crippen LogP contribution in [0.5, 0.6) is 0 Å². The van der Waals surface area contributed by atoms with E-state index in [0.717, 1.165) is 19.6 Å². The average molecular weight is 285 g/mol. The first-order chi connectivity index (χ1) is 9.12. The van der Waals surface area contributed by atoms with Crippen LogP contribution in [0.1, 0.15) is 24.3 Å². The molecular weight excluding hydrogens is 264 g/mol. The first-order valence-electron chi connectivity index (χ1n) is 6.47. The summed E-state index contributed by atoms with van der Waals surface area (Å²) in [6.45, 7) is 7.55. The van der Waals surface area contributed by atoms with Crippen molar-refractivity contribution in [2.75, 3.05) is 38.5 Å². The lowest BCUT2D eigenvalue weighted by molar-refractivity contribution is 0.0944. The molecule has 2 N–H and O–H groups in total. The molecule has 1 aromatic heterocycles. The summed E-state index contributed by atoms with van der Waals surface area (Å²) in [4.78, 5) is 18.4. The Labute approximate surface area is 119 Å². The van der Waals surface area contributed by atoms with Crippen molar-refractivity contribution < 1.29 is 4.79 Å². The standard InChI is InChI=1S/C13H21ClN4O/c1-4-18(5-2)9-8-16-13(19)12-10(14)6-7-11(15-3)17-12/h6-7H,4-5,8-9H2,1-3H3,(H,15,17)(H,16,19). The summed E-state index contributed by atoms with van der Waals surface area (Å²) in [5, 5.41) is 6.08. The van der Waals surface area contributed by atoms with Gasteiger partial charge in [-0.2, -0.15) is 0 Å². The molecule has 0 bridgehead atoms. The van der Waals surface area contributed by atoms with Crippen LogP contribution in [-0.4, -0.2) is 49.0 Å². The second-order valence-corrected chi connectivity index (χ2v) is 4.47. The number of carbonyl (C=O) groups excluding carboxylic acids is 1. The number of hydrogen-bond donors (Lipinski definition) is 2. The lowest BCUT2D eigenvalue weighted by atomic mass is 10.3. The zero-order valence-electron chi connectivity index (χ0n) is 11.7. The molecule has 1 amide bonds. The van der Waals surface area contributed by atoms with Crippen molar-refractivity contribution >= 4 is 23.3 Å². The Morgan fingerprint density at radius 3 is 2.63 bits per heavy atom. The van der Waals surface area contributed by atoms with Crippen LogP contribution in [0.15, 0.2) is 12.1 Å². The molecule has 1 aromatic rings. The molecule has 0 unspecified atom stereocenters. The highest BCUT2D eigenvalue weighted by Crippen LogP contribution is 2.16. The SMILES string of the molecule is CCN(CC)CCNC(=O)c1nc(NC)ccc1Cl. The Morgan fingerprint density at radius 2 is 2.05 bits per heavy atom. The molecule has 0 saturated heterocycles. The number of halogens is 1. The van der Waals surface area contributed by atoms with Gasteiger partial charge in [-0.3, -0.25) is 4.79 Å². The van der Waals surface area contributed by atoms with E-state index in [9.17, 15) is 4.79 Å². The van der Waals surface area contributed by atoms with Crippen molar-refractivity contribution in [3.05, 3.63) is 22.8 Å². The molecule has 5 nitrogen and oxygen atoms in total. The predicted molar refractivity (Wildman–Crippen MR) is 78.9 cm³/mol. The second-order valence-electron chi connectivity index (χ2n) is 4.06. The molecule has 0 spiro atoms. The Hall–Kier alpha value is -1.33. The number of anilines is 1. The molecule has 0 aliphatic carbocycles. The number of amides is 1. The molecule has 0 fully saturated rings. The predicted octanol–water partition coefficient (Wildman–Crippen LogP) is 1.85. The Kier molecular flexibility index (Phi) is 6.59. The van der Waals surface area contributed by atoms with Gasteiger partial charge in [0.2, 0.25) is 0 Å². The molecule has 1 heterocycles. The highest BCUT2D eigenvalue weighted by molar-refractivity contribution is 6.33. The zero-order valence-corrected chi connectivity index (χ0v) is 12.4. The van der Waals surface area contributed by atoms with E-state index in [4.69, 9.17) is 11.6 Å². The fraction of sp³-hybridized carbons (Fsp3) is 0.538. The number of rotatable bonds is 7. The summed E-state index contributed by atoms with van der Waals surface area (Å²) in [5.41, 5.74) is 0.257. The van der Waals surface area contributed by atoms with E-state index >= 15 is 0 Å². The van der Waals surface area contributed by atoms with Crippen molar-refractivity contribution in [1.82, 2.24) is 15.2 Å². The second kappa shape index (κ2) is 7.96. The average Bonchev–Trinajstić information content (AvgIpc) is 2.44. The molecule has 1 rings (SSSR count). The number of nitrogens with one attached hydrogen (secondary N) is 2. The minimum atomic E-state index is -0.241. The van der Waals surface area contributed by atoms with E-state index in [-0.39, 0.29) is 11.6 Å². The van der Waals surface area contributed by atoms with Crippen LogP contribution >= 0.6 is 11.6 Å². The summed E-state index contributed by atoms with van der Waals surface area (Å²) in [6.07, 6.45) is 0. The number of pyridine rings is 1. The van der Waals surface area contributed by atoms with Gasteiger partial charge >= 0.3 is 0 Å². The first kappa shape index (κ1) is 15.7. The van der Waals surface area contributed by atoms with Gasteiger partial charge in [-0.1, -0.05) is 25.4 Å². The van der Waals surface area contributed by atoms with Crippen LogP contribution in [0.4, 0.5) is 5.82 Å². The Bertz CT molecular complexity index is 421. The van der Waals surface area contributed by atoms with Crippen molar-refractivity contribution in [2.45, 2.75) is 13.8 Å². The molecule has 0 atom stereocenters. The third-order valence-electron chi connectivity index (χ3n) is 2.93. The Morgan fingerprint density at radius 1 is 1.37 bits per heavy atom. The summed E-state index contributed by atoms with van der Waals surface area (Å²) >= 11 is 5.98. The Balaban J connectivity index is 2.58. The van der Waals surface area contributed by atoms with Crippen LogP contribution in [-0.2, 0) is 0 Å². The van der Waals surface area contributed by atoms with E-state index in [1.807, 2.05) is 0 Å². The van der Waals surface area contributed by atoms with Gasteiger partial charge in [0.15, 0.2) is 0 Å². The van der Waals surface area contributed by atoms with Crippen molar-refractivity contribution in [3.8, 4) is 0 Å². The van der Waals surface area contributed by atoms with Gasteiger partial charge in [-0.25, -0.2) is 4.98 Å². The maximum Gasteiger partial charge on any atom is 0.271 e. The van der Waals surface area contributed by atoms with Crippen LogP contribution in [0.2, 0.25) is 5.02 Å². The molecular formula is C13H21ClN4O. The third kappa shape index (κ3) is 4.69. The topological polar surface area (TPSA) is 57.3 Å². The number of likely N-dealkylation sites (N-methyl/N-ethyl adjacent to an activating group) is 1. The lowest BCUT2D eigenvalue weighted by Gasteiger charge is -2.18. The normalized spacial score (nSPS) is 10.6. The van der Waals surface area contributed by atoms with E-state index in [0.29, 0.717) is 17.4 Å². The van der Waals surface area contributed by atoms with Gasteiger partial charge in [0.25, 0.3) is 5.91 Å². The molecule has 0 saturated carbocycles. The van der Waals surface area contributed by atoms with Gasteiger partial charge in [-0.05, 0) is 25.2 Å². The minimum absolute atomic E-state index is 0.241. The maximum atomic E-state index is 12.0. The van der Waals surface area contributed by atoms with Gasteiger partial charge in [0, 0.05) is 20.1 Å². The van der Waals surface area contributed by atoms with Crippen LogP contribution in [0.25, 0.3) is 0 Å². The molecule has 0 radical (unpaired) electrons. The third-order valence-corrected chi connectivity index (χ3v) is 3.23. The van der Waals surface area contributed by atoms with Crippen molar-refractivity contribution in [2.24, 2.45) is 0 Å². The molecule has 106 valence electrons. The number of hydrogen-bond acceptors (Lipinski definition) is 4. The van der Waals surface area contributed by atoms with Gasteiger partial charge in [0.05, 0.1) is 5.02 Å². The molecule has 19 heavy (non-hydrogen) atoms. The van der Waals surface area contributed by atoms with Crippen LogP contribution in [0, 0.1) is 0 Å². The molecule has 0 aliphatic rings. The molecule has 0 aliphatic heterocycles. The van der Waals surface area contributed by atoms with Gasteiger partial charge in [-0.15, -0.1) is 0 Å². The number of aromatic nitrogens is 1. The largest absolute Gasteiger partial charge is 0.373 e. The summed E-state index contributed by atoms with van der Waals surface area (Å²) in [7, 11) is 1.75. The monoisotopic (exact) mass is 284 g/mol. The van der Waals surface area contributed by atoms with E-state index in [1.165, 1.54) is 0 Å². The van der Waals surface area contributed by atoms with Crippen molar-refractivity contribution in [3.63, 3.8) is 0 Å². The van der Waals surface area contributed by atoms with Crippen molar-refractivity contribution in [1.29, 1.82) is 0 Å². The highest BCUT2D eigenvalue weighted by Gasteiger charge is 2.12. The fourth-order valence-electron chi connectivity index (χ4n) is 1.69. The first-order valence-corrected chi connectivity index (χ1v) is 6.85. The van der Waals surface area contributed by atoms with Gasteiger partial charge in [0.1, 0.15) is 11.5 Å². The van der Waals surface area contributed by atoms with E-state index in [2.05, 4.69) is 34.4 Å². The van der Waals surface area contributed by atoms with Crippen LogP contribution < -0.4 is 10.6 Å². The quantitative estimate of drug-likeness (QED) is 0.802. The zero-order chi connectivity index (χ0) is 14.3. The lowest BCUT2D eigenvalue weighted by Crippen LogP contribution is -2.35. The van der Waals surface area contributed by atoms with E-state index < -0.39 is 0 Å². The summed E-state index contributed by atoms with van der Waals surface area (Å²) < 4.78 is 0. The van der Waals surface area contributed by atoms with Gasteiger partial charge < -0.3 is 15.5 Å².